The van der Waals surface area contributed by atoms with Crippen LogP contribution in [-0.4, -0.2) is 55.2 Å². The fourth-order valence-electron chi connectivity index (χ4n) is 1.27. The SMILES string of the molecule is C/N=C(N)\C=C/N(C=O)C(C)CC(CO)OC. The highest BCUT2D eigenvalue weighted by Gasteiger charge is 2.15. The third-order valence-corrected chi connectivity index (χ3v) is 2.45. The normalized spacial score (nSPS) is 15.9. The lowest BCUT2D eigenvalue weighted by Gasteiger charge is -2.24. The zero-order chi connectivity index (χ0) is 13.3. The Kier molecular flexibility index (Phi) is 8.00. The minimum absolute atomic E-state index is 0.0736. The van der Waals surface area contributed by atoms with Crippen molar-refractivity contribution in [2.24, 2.45) is 10.7 Å². The van der Waals surface area contributed by atoms with E-state index in [2.05, 4.69) is 4.99 Å². The summed E-state index contributed by atoms with van der Waals surface area (Å²) in [7, 11) is 3.09. The first-order valence-corrected chi connectivity index (χ1v) is 5.35. The van der Waals surface area contributed by atoms with Crippen LogP contribution in [0.5, 0.6) is 0 Å². The van der Waals surface area contributed by atoms with Gasteiger partial charge < -0.3 is 20.5 Å². The molecule has 0 saturated heterocycles. The number of nitrogens with two attached hydrogens (primary N) is 1. The van der Waals surface area contributed by atoms with E-state index < -0.39 is 0 Å². The molecule has 98 valence electrons. The number of aliphatic hydroxyl groups is 1. The second-order valence-corrected chi connectivity index (χ2v) is 3.64. The maximum Gasteiger partial charge on any atom is 0.213 e. The molecule has 2 unspecified atom stereocenters. The summed E-state index contributed by atoms with van der Waals surface area (Å²) in [6, 6.07) is -0.0921. The molecule has 0 aliphatic carbocycles. The summed E-state index contributed by atoms with van der Waals surface area (Å²) in [4.78, 5) is 16.1. The van der Waals surface area contributed by atoms with Crippen LogP contribution in [-0.2, 0) is 9.53 Å². The highest BCUT2D eigenvalue weighted by atomic mass is 16.5. The van der Waals surface area contributed by atoms with Crippen molar-refractivity contribution in [1.82, 2.24) is 4.90 Å². The van der Waals surface area contributed by atoms with E-state index in [-0.39, 0.29) is 18.8 Å². The third-order valence-electron chi connectivity index (χ3n) is 2.45. The minimum Gasteiger partial charge on any atom is -0.394 e. The number of methoxy groups -OCH3 is 1. The number of aliphatic imine (C=N–C) groups is 1. The quantitative estimate of drug-likeness (QED) is 0.349. The van der Waals surface area contributed by atoms with Gasteiger partial charge in [-0.2, -0.15) is 0 Å². The van der Waals surface area contributed by atoms with Gasteiger partial charge in [-0.3, -0.25) is 9.79 Å². The van der Waals surface area contributed by atoms with Gasteiger partial charge in [0.2, 0.25) is 6.41 Å². The summed E-state index contributed by atoms with van der Waals surface area (Å²) < 4.78 is 5.05. The lowest BCUT2D eigenvalue weighted by Crippen LogP contribution is -2.32. The molecule has 0 radical (unpaired) electrons. The van der Waals surface area contributed by atoms with Crippen LogP contribution in [0.1, 0.15) is 13.3 Å². The monoisotopic (exact) mass is 243 g/mol. The molecule has 0 fully saturated rings. The van der Waals surface area contributed by atoms with Gasteiger partial charge in [0.05, 0.1) is 12.7 Å². The van der Waals surface area contributed by atoms with Crippen molar-refractivity contribution in [3.8, 4) is 0 Å². The average Bonchev–Trinajstić information content (AvgIpc) is 2.36. The number of hydrogen-bond acceptors (Lipinski definition) is 4. The maximum absolute atomic E-state index is 10.9. The second kappa shape index (κ2) is 8.72. The first-order valence-electron chi connectivity index (χ1n) is 5.35. The molecular formula is C11H21N3O3. The number of ether oxygens (including phenoxy) is 1. The first-order chi connectivity index (χ1) is 8.08. The zero-order valence-corrected chi connectivity index (χ0v) is 10.5. The van der Waals surface area contributed by atoms with E-state index in [4.69, 9.17) is 15.6 Å². The molecule has 1 amide bonds. The number of nitrogens with zero attached hydrogens (tertiary/aromatic N) is 2. The lowest BCUT2D eigenvalue weighted by molar-refractivity contribution is -0.117. The van der Waals surface area contributed by atoms with Crippen LogP contribution in [0.3, 0.4) is 0 Å². The Balaban J connectivity index is 4.44. The maximum atomic E-state index is 10.9. The third kappa shape index (κ3) is 6.03. The molecule has 0 aromatic heterocycles. The van der Waals surface area contributed by atoms with E-state index in [9.17, 15) is 4.79 Å². The van der Waals surface area contributed by atoms with Crippen molar-refractivity contribution in [2.75, 3.05) is 20.8 Å². The molecule has 3 N–H and O–H groups in total. The van der Waals surface area contributed by atoms with Gasteiger partial charge in [-0.05, 0) is 19.4 Å². The van der Waals surface area contributed by atoms with Crippen LogP contribution >= 0.6 is 0 Å². The smallest absolute Gasteiger partial charge is 0.213 e. The Morgan fingerprint density at radius 1 is 1.65 bits per heavy atom. The Morgan fingerprint density at radius 2 is 2.29 bits per heavy atom. The molecule has 0 aliphatic rings. The van der Waals surface area contributed by atoms with Gasteiger partial charge in [0.1, 0.15) is 5.84 Å². The summed E-state index contributed by atoms with van der Waals surface area (Å²) in [6.45, 7) is 1.79. The molecule has 0 saturated carbocycles. The highest BCUT2D eigenvalue weighted by molar-refractivity contribution is 5.91. The molecule has 6 nitrogen and oxygen atoms in total. The zero-order valence-electron chi connectivity index (χ0n) is 10.5. The van der Waals surface area contributed by atoms with Crippen molar-refractivity contribution in [3.05, 3.63) is 12.3 Å². The van der Waals surface area contributed by atoms with E-state index >= 15 is 0 Å². The number of rotatable bonds is 8. The Morgan fingerprint density at radius 3 is 2.71 bits per heavy atom. The Bertz CT molecular complexity index is 275. The van der Waals surface area contributed by atoms with E-state index in [1.165, 1.54) is 12.0 Å². The Hall–Kier alpha value is -1.40. The number of amides is 1. The minimum atomic E-state index is -0.280. The van der Waals surface area contributed by atoms with Gasteiger partial charge in [-0.15, -0.1) is 0 Å². The van der Waals surface area contributed by atoms with Crippen LogP contribution in [0.15, 0.2) is 17.3 Å². The van der Waals surface area contributed by atoms with Crippen molar-refractivity contribution in [1.29, 1.82) is 0 Å². The van der Waals surface area contributed by atoms with Gasteiger partial charge >= 0.3 is 0 Å². The summed E-state index contributed by atoms with van der Waals surface area (Å²) in [5.41, 5.74) is 5.49. The van der Waals surface area contributed by atoms with Gasteiger partial charge in [-0.25, -0.2) is 0 Å². The van der Waals surface area contributed by atoms with Crippen LogP contribution in [0, 0.1) is 0 Å². The van der Waals surface area contributed by atoms with Crippen LogP contribution in [0.2, 0.25) is 0 Å². The molecule has 6 heteroatoms. The fraction of sp³-hybridized carbons (Fsp3) is 0.636. The summed E-state index contributed by atoms with van der Waals surface area (Å²) in [5, 5.41) is 9.00. The predicted molar refractivity (Wildman–Crippen MR) is 66.6 cm³/mol. The molecule has 0 aromatic carbocycles. The standard InChI is InChI=1S/C11H21N3O3/c1-9(6-10(7-15)17-3)14(8-16)5-4-11(12)13-2/h4-5,8-10,15H,6-7H2,1-3H3,(H2,12,13)/b5-4-. The number of aliphatic hydroxyl groups excluding tert-OH is 1. The van der Waals surface area contributed by atoms with Gasteiger partial charge in [0.15, 0.2) is 0 Å². The highest BCUT2D eigenvalue weighted by Crippen LogP contribution is 2.07. The topological polar surface area (TPSA) is 88.2 Å². The summed E-state index contributed by atoms with van der Waals surface area (Å²) in [6.07, 6.45) is 4.07. The van der Waals surface area contributed by atoms with E-state index in [1.54, 1.807) is 19.3 Å². The second-order valence-electron chi connectivity index (χ2n) is 3.64. The first kappa shape index (κ1) is 15.6. The number of carbonyl (C=O) groups is 1. The molecule has 2 atom stereocenters. The van der Waals surface area contributed by atoms with Gasteiger partial charge in [0.25, 0.3) is 0 Å². The number of carbonyl (C=O) groups excluding carboxylic acids is 1. The summed E-state index contributed by atoms with van der Waals surface area (Å²) in [5.74, 6) is 0.342. The van der Waals surface area contributed by atoms with Crippen molar-refractivity contribution in [3.63, 3.8) is 0 Å². The van der Waals surface area contributed by atoms with E-state index in [1.807, 2.05) is 6.92 Å². The van der Waals surface area contributed by atoms with Gasteiger partial charge in [0, 0.05) is 26.4 Å². The van der Waals surface area contributed by atoms with E-state index in [0.717, 1.165) is 0 Å². The predicted octanol–water partition coefficient (Wildman–Crippen LogP) is -0.269. The molecule has 0 bridgehead atoms. The Labute approximate surface area is 102 Å². The molecule has 17 heavy (non-hydrogen) atoms. The molecule has 0 rings (SSSR count). The van der Waals surface area contributed by atoms with Crippen molar-refractivity contribution in [2.45, 2.75) is 25.5 Å². The molecule has 0 aliphatic heterocycles. The number of hydrogen-bond donors (Lipinski definition) is 2. The molecule has 0 aromatic rings. The molecule has 0 spiro atoms. The van der Waals surface area contributed by atoms with Crippen molar-refractivity contribution >= 4 is 12.2 Å². The van der Waals surface area contributed by atoms with E-state index in [0.29, 0.717) is 18.7 Å². The summed E-state index contributed by atoms with van der Waals surface area (Å²) >= 11 is 0. The van der Waals surface area contributed by atoms with Gasteiger partial charge in [-0.1, -0.05) is 0 Å². The van der Waals surface area contributed by atoms with Crippen molar-refractivity contribution < 1.29 is 14.6 Å². The fourth-order valence-corrected chi connectivity index (χ4v) is 1.27. The largest absolute Gasteiger partial charge is 0.394 e. The molecular weight excluding hydrogens is 222 g/mol. The number of amidine groups is 1. The van der Waals surface area contributed by atoms with Crippen LogP contribution < -0.4 is 5.73 Å². The average molecular weight is 243 g/mol. The lowest BCUT2D eigenvalue weighted by atomic mass is 10.1. The van der Waals surface area contributed by atoms with Crippen LogP contribution in [0.25, 0.3) is 0 Å². The molecule has 0 heterocycles. The van der Waals surface area contributed by atoms with Crippen LogP contribution in [0.4, 0.5) is 0 Å².